The molecule has 1 unspecified atom stereocenters. The van der Waals surface area contributed by atoms with Crippen LogP contribution in [0.25, 0.3) is 0 Å². The Morgan fingerprint density at radius 1 is 1.24 bits per heavy atom. The summed E-state index contributed by atoms with van der Waals surface area (Å²) in [5.41, 5.74) is 0.236. The van der Waals surface area contributed by atoms with Crippen LogP contribution in [0.1, 0.15) is 44.8 Å². The number of hydrogen-bond acceptors (Lipinski definition) is 4. The number of rotatable bonds is 7. The third-order valence-corrected chi connectivity index (χ3v) is 3.94. The van der Waals surface area contributed by atoms with Gasteiger partial charge in [0, 0.05) is 38.2 Å². The predicted molar refractivity (Wildman–Crippen MR) is 81.6 cm³/mol. The minimum Gasteiger partial charge on any atom is -0.493 e. The number of aliphatic hydroxyl groups is 1. The molecule has 0 saturated carbocycles. The molecule has 1 aliphatic rings. The van der Waals surface area contributed by atoms with E-state index in [1.165, 1.54) is 0 Å². The smallest absolute Gasteiger partial charge is 0.125 e. The third kappa shape index (κ3) is 3.76. The second-order valence-electron chi connectivity index (χ2n) is 5.40. The van der Waals surface area contributed by atoms with Crippen molar-refractivity contribution in [1.29, 1.82) is 0 Å². The van der Waals surface area contributed by atoms with Crippen LogP contribution >= 0.6 is 0 Å². The summed E-state index contributed by atoms with van der Waals surface area (Å²) in [6.07, 6.45) is 1.64. The van der Waals surface area contributed by atoms with Crippen LogP contribution in [0, 0.1) is 0 Å². The fourth-order valence-electron chi connectivity index (χ4n) is 2.83. The zero-order valence-electron chi connectivity index (χ0n) is 13.0. The van der Waals surface area contributed by atoms with Gasteiger partial charge in [0.25, 0.3) is 0 Å². The molecule has 21 heavy (non-hydrogen) atoms. The van der Waals surface area contributed by atoms with E-state index in [1.54, 1.807) is 0 Å². The number of aliphatic hydroxyl groups excluding tert-OH is 1. The number of benzene rings is 1. The van der Waals surface area contributed by atoms with Crippen molar-refractivity contribution in [2.24, 2.45) is 0 Å². The first kappa shape index (κ1) is 16.3. The zero-order valence-corrected chi connectivity index (χ0v) is 13.0. The van der Waals surface area contributed by atoms with Gasteiger partial charge in [-0.15, -0.1) is 0 Å². The van der Waals surface area contributed by atoms with Crippen LogP contribution in [-0.4, -0.2) is 37.1 Å². The molecule has 4 heteroatoms. The molecule has 0 amide bonds. The summed E-state index contributed by atoms with van der Waals surface area (Å²) < 4.78 is 17.2. The molecule has 0 aromatic heterocycles. The van der Waals surface area contributed by atoms with E-state index in [9.17, 15) is 5.11 Å². The molecule has 1 atom stereocenters. The first-order valence-corrected chi connectivity index (χ1v) is 7.85. The van der Waals surface area contributed by atoms with Gasteiger partial charge in [0.05, 0.1) is 6.61 Å². The molecule has 1 saturated heterocycles. The van der Waals surface area contributed by atoms with E-state index in [0.717, 1.165) is 17.7 Å². The molecule has 1 aromatic rings. The van der Waals surface area contributed by atoms with E-state index >= 15 is 0 Å². The van der Waals surface area contributed by atoms with Crippen molar-refractivity contribution in [2.45, 2.75) is 44.8 Å². The van der Waals surface area contributed by atoms with Crippen LogP contribution in [0.5, 0.6) is 5.75 Å². The van der Waals surface area contributed by atoms with Crippen molar-refractivity contribution in [3.8, 4) is 5.75 Å². The lowest BCUT2D eigenvalue weighted by Gasteiger charge is -2.41. The highest BCUT2D eigenvalue weighted by Crippen LogP contribution is 2.40. The van der Waals surface area contributed by atoms with Crippen LogP contribution < -0.4 is 4.74 Å². The fraction of sp³-hybridized carbons (Fsp3) is 0.647. The Labute approximate surface area is 127 Å². The average Bonchev–Trinajstić information content (AvgIpc) is 2.53. The fourth-order valence-corrected chi connectivity index (χ4v) is 2.83. The highest BCUT2D eigenvalue weighted by atomic mass is 16.5. The van der Waals surface area contributed by atoms with Crippen LogP contribution in [0.3, 0.4) is 0 Å². The molecule has 0 spiro atoms. The maximum atomic E-state index is 10.9. The molecule has 1 aromatic carbocycles. The lowest BCUT2D eigenvalue weighted by atomic mass is 9.83. The molecule has 2 rings (SSSR count). The Morgan fingerprint density at radius 2 is 1.95 bits per heavy atom. The van der Waals surface area contributed by atoms with Gasteiger partial charge in [-0.25, -0.2) is 0 Å². The van der Waals surface area contributed by atoms with Gasteiger partial charge in [0.2, 0.25) is 0 Å². The Bertz CT molecular complexity index is 421. The summed E-state index contributed by atoms with van der Waals surface area (Å²) in [6, 6.07) is 7.69. The van der Waals surface area contributed by atoms with E-state index < -0.39 is 11.7 Å². The monoisotopic (exact) mass is 294 g/mol. The van der Waals surface area contributed by atoms with E-state index in [1.807, 2.05) is 31.2 Å². The van der Waals surface area contributed by atoms with Gasteiger partial charge in [-0.3, -0.25) is 0 Å². The van der Waals surface area contributed by atoms with Crippen molar-refractivity contribution in [3.05, 3.63) is 29.8 Å². The van der Waals surface area contributed by atoms with Crippen LogP contribution in [-0.2, 0) is 9.47 Å². The Morgan fingerprint density at radius 3 is 2.62 bits per heavy atom. The number of para-hydroxylation sites is 1. The van der Waals surface area contributed by atoms with Crippen LogP contribution in [0.2, 0.25) is 0 Å². The largest absolute Gasteiger partial charge is 0.493 e. The predicted octanol–water partition coefficient (Wildman–Crippen LogP) is 3.09. The number of hydrogen-bond donors (Lipinski definition) is 1. The normalized spacial score (nSPS) is 19.2. The van der Waals surface area contributed by atoms with Crippen molar-refractivity contribution in [2.75, 3.05) is 26.4 Å². The maximum Gasteiger partial charge on any atom is 0.125 e. The molecule has 0 radical (unpaired) electrons. The van der Waals surface area contributed by atoms with Crippen molar-refractivity contribution in [3.63, 3.8) is 0 Å². The van der Waals surface area contributed by atoms with Crippen LogP contribution in [0.15, 0.2) is 24.3 Å². The van der Waals surface area contributed by atoms with Gasteiger partial charge in [-0.1, -0.05) is 25.1 Å². The molecule has 118 valence electrons. The summed E-state index contributed by atoms with van der Waals surface area (Å²) in [6.45, 7) is 6.50. The molecule has 1 fully saturated rings. The summed E-state index contributed by atoms with van der Waals surface area (Å²) in [5.74, 6) is 0.748. The SMILES string of the molecule is CCCOc1ccccc1C(O)C1(OCC)CCOCC1. The Kier molecular flexibility index (Phi) is 6.03. The topological polar surface area (TPSA) is 47.9 Å². The molecule has 1 aliphatic heterocycles. The summed E-state index contributed by atoms with van der Waals surface area (Å²) in [4.78, 5) is 0. The molecule has 0 aliphatic carbocycles. The summed E-state index contributed by atoms with van der Waals surface area (Å²) in [7, 11) is 0. The second-order valence-corrected chi connectivity index (χ2v) is 5.40. The maximum absolute atomic E-state index is 10.9. The highest BCUT2D eigenvalue weighted by molar-refractivity contribution is 5.36. The first-order chi connectivity index (χ1) is 10.2. The summed E-state index contributed by atoms with van der Waals surface area (Å²) >= 11 is 0. The van der Waals surface area contributed by atoms with Gasteiger partial charge < -0.3 is 19.3 Å². The van der Waals surface area contributed by atoms with Crippen molar-refractivity contribution in [1.82, 2.24) is 0 Å². The standard InChI is InChI=1S/C17H26O4/c1-3-11-20-15-8-6-5-7-14(15)16(18)17(21-4-2)9-12-19-13-10-17/h5-8,16,18H,3-4,9-13H2,1-2H3. The zero-order chi connectivity index (χ0) is 15.1. The van der Waals surface area contributed by atoms with E-state index in [0.29, 0.717) is 39.3 Å². The van der Waals surface area contributed by atoms with Gasteiger partial charge in [-0.05, 0) is 19.4 Å². The lowest BCUT2D eigenvalue weighted by Crippen LogP contribution is -2.44. The van der Waals surface area contributed by atoms with Gasteiger partial charge >= 0.3 is 0 Å². The van der Waals surface area contributed by atoms with Gasteiger partial charge in [-0.2, -0.15) is 0 Å². The molecule has 1 heterocycles. The minimum atomic E-state index is -0.700. The van der Waals surface area contributed by atoms with Crippen molar-refractivity contribution < 1.29 is 19.3 Å². The molecule has 4 nitrogen and oxygen atoms in total. The Hall–Kier alpha value is -1.10. The lowest BCUT2D eigenvalue weighted by molar-refractivity contribution is -0.168. The van der Waals surface area contributed by atoms with E-state index in [-0.39, 0.29) is 0 Å². The molecule has 0 bridgehead atoms. The summed E-state index contributed by atoms with van der Waals surface area (Å²) in [5, 5.41) is 10.9. The minimum absolute atomic E-state index is 0.571. The van der Waals surface area contributed by atoms with Crippen LogP contribution in [0.4, 0.5) is 0 Å². The van der Waals surface area contributed by atoms with E-state index in [2.05, 4.69) is 6.92 Å². The Balaban J connectivity index is 2.25. The molecular weight excluding hydrogens is 268 g/mol. The molecular formula is C17H26O4. The first-order valence-electron chi connectivity index (χ1n) is 7.85. The quantitative estimate of drug-likeness (QED) is 0.839. The average molecular weight is 294 g/mol. The van der Waals surface area contributed by atoms with Crippen molar-refractivity contribution >= 4 is 0 Å². The third-order valence-electron chi connectivity index (χ3n) is 3.94. The van der Waals surface area contributed by atoms with Gasteiger partial charge in [0.15, 0.2) is 0 Å². The van der Waals surface area contributed by atoms with Gasteiger partial charge in [0.1, 0.15) is 17.5 Å². The number of ether oxygens (including phenoxy) is 3. The van der Waals surface area contributed by atoms with E-state index in [4.69, 9.17) is 14.2 Å². The second kappa shape index (κ2) is 7.78. The molecule has 1 N–H and O–H groups in total. The highest BCUT2D eigenvalue weighted by Gasteiger charge is 2.42.